The molecule has 5 heteroatoms. The second-order valence-electron chi connectivity index (χ2n) is 5.55. The van der Waals surface area contributed by atoms with Crippen molar-refractivity contribution < 1.29 is 4.74 Å². The minimum Gasteiger partial charge on any atom is -0.481 e. The van der Waals surface area contributed by atoms with Gasteiger partial charge in [0.2, 0.25) is 5.88 Å². The molecule has 1 saturated carbocycles. The number of nitrogens with zero attached hydrogens (tertiary/aromatic N) is 3. The Bertz CT molecular complexity index is 612. The lowest BCUT2D eigenvalue weighted by Gasteiger charge is -2.10. The van der Waals surface area contributed by atoms with Gasteiger partial charge in [-0.2, -0.15) is 0 Å². The van der Waals surface area contributed by atoms with E-state index < -0.39 is 0 Å². The number of pyridine rings is 1. The Morgan fingerprint density at radius 1 is 1.35 bits per heavy atom. The van der Waals surface area contributed by atoms with Gasteiger partial charge in [-0.25, -0.2) is 9.97 Å². The van der Waals surface area contributed by atoms with Gasteiger partial charge >= 0.3 is 0 Å². The Hall–Kier alpha value is -2.04. The van der Waals surface area contributed by atoms with Crippen molar-refractivity contribution in [2.45, 2.75) is 38.6 Å². The summed E-state index contributed by atoms with van der Waals surface area (Å²) in [6.45, 7) is 4.30. The summed E-state index contributed by atoms with van der Waals surface area (Å²) in [6.07, 6.45) is 4.15. The van der Waals surface area contributed by atoms with Gasteiger partial charge in [0, 0.05) is 29.8 Å². The summed E-state index contributed by atoms with van der Waals surface area (Å²) in [6, 6.07) is 4.31. The molecule has 2 N–H and O–H groups in total. The standard InChI is InChI=1S/C15H20N4O/c1-9(2)15-18-13(14(16)19(15)11-5-6-11)10-4-7-12(20-3)17-8-10/h4,7-9,11H,5-6,16H2,1-3H3. The first-order chi connectivity index (χ1) is 9.61. The third kappa shape index (κ3) is 2.13. The number of methoxy groups -OCH3 is 1. The van der Waals surface area contributed by atoms with E-state index >= 15 is 0 Å². The number of hydrogen-bond donors (Lipinski definition) is 1. The summed E-state index contributed by atoms with van der Waals surface area (Å²) in [5.41, 5.74) is 8.09. The zero-order chi connectivity index (χ0) is 14.3. The molecular weight excluding hydrogens is 252 g/mol. The van der Waals surface area contributed by atoms with Crippen molar-refractivity contribution in [3.05, 3.63) is 24.2 Å². The second kappa shape index (κ2) is 4.81. The van der Waals surface area contributed by atoms with E-state index in [1.54, 1.807) is 13.3 Å². The Balaban J connectivity index is 2.06. The van der Waals surface area contributed by atoms with Gasteiger partial charge in [0.05, 0.1) is 7.11 Å². The molecule has 0 aromatic carbocycles. The van der Waals surface area contributed by atoms with Crippen molar-refractivity contribution in [1.82, 2.24) is 14.5 Å². The van der Waals surface area contributed by atoms with Crippen LogP contribution in [0.3, 0.4) is 0 Å². The molecule has 1 fully saturated rings. The van der Waals surface area contributed by atoms with Crippen LogP contribution in [0.1, 0.15) is 44.5 Å². The Morgan fingerprint density at radius 2 is 2.10 bits per heavy atom. The Kier molecular flexibility index (Phi) is 3.12. The molecule has 106 valence electrons. The number of aromatic nitrogens is 3. The highest BCUT2D eigenvalue weighted by Gasteiger charge is 2.30. The van der Waals surface area contributed by atoms with E-state index in [0.717, 1.165) is 22.9 Å². The van der Waals surface area contributed by atoms with Crippen molar-refractivity contribution in [2.24, 2.45) is 0 Å². The maximum Gasteiger partial charge on any atom is 0.212 e. The molecule has 0 atom stereocenters. The zero-order valence-corrected chi connectivity index (χ0v) is 12.1. The van der Waals surface area contributed by atoms with E-state index in [-0.39, 0.29) is 0 Å². The summed E-state index contributed by atoms with van der Waals surface area (Å²) in [7, 11) is 1.61. The fourth-order valence-corrected chi connectivity index (χ4v) is 2.44. The fraction of sp³-hybridized carbons (Fsp3) is 0.467. The monoisotopic (exact) mass is 272 g/mol. The number of nitrogen functional groups attached to an aromatic ring is 1. The van der Waals surface area contributed by atoms with Crippen LogP contribution in [0.15, 0.2) is 18.3 Å². The van der Waals surface area contributed by atoms with Crippen molar-refractivity contribution in [2.75, 3.05) is 12.8 Å². The number of imidazole rings is 1. The molecule has 3 rings (SSSR count). The topological polar surface area (TPSA) is 66.0 Å². The fourth-order valence-electron chi connectivity index (χ4n) is 2.44. The largest absolute Gasteiger partial charge is 0.481 e. The van der Waals surface area contributed by atoms with Crippen molar-refractivity contribution in [3.8, 4) is 17.1 Å². The van der Waals surface area contributed by atoms with Gasteiger partial charge in [-0.1, -0.05) is 13.8 Å². The summed E-state index contributed by atoms with van der Waals surface area (Å²) in [4.78, 5) is 8.99. The predicted octanol–water partition coefficient (Wildman–Crippen LogP) is 2.99. The zero-order valence-electron chi connectivity index (χ0n) is 12.1. The van der Waals surface area contributed by atoms with E-state index in [4.69, 9.17) is 15.5 Å². The normalized spacial score (nSPS) is 14.8. The summed E-state index contributed by atoms with van der Waals surface area (Å²) < 4.78 is 7.28. The van der Waals surface area contributed by atoms with Crippen LogP contribution in [-0.2, 0) is 0 Å². The van der Waals surface area contributed by atoms with Crippen LogP contribution in [0.2, 0.25) is 0 Å². The number of anilines is 1. The molecule has 0 amide bonds. The molecule has 0 saturated heterocycles. The van der Waals surface area contributed by atoms with Crippen LogP contribution in [0.25, 0.3) is 11.3 Å². The summed E-state index contributed by atoms with van der Waals surface area (Å²) in [5, 5.41) is 0. The Morgan fingerprint density at radius 3 is 2.60 bits per heavy atom. The average Bonchev–Trinajstić information content (AvgIpc) is 3.22. The highest BCUT2D eigenvalue weighted by Crippen LogP contribution is 2.42. The molecule has 0 aliphatic heterocycles. The predicted molar refractivity (Wildman–Crippen MR) is 78.8 cm³/mol. The van der Waals surface area contributed by atoms with Gasteiger partial charge in [-0.15, -0.1) is 0 Å². The molecule has 2 heterocycles. The van der Waals surface area contributed by atoms with Crippen LogP contribution in [0.4, 0.5) is 5.82 Å². The first-order valence-electron chi connectivity index (χ1n) is 6.99. The number of rotatable bonds is 4. The smallest absolute Gasteiger partial charge is 0.212 e. The highest BCUT2D eigenvalue weighted by atomic mass is 16.5. The third-order valence-corrected chi connectivity index (χ3v) is 3.62. The molecule has 0 spiro atoms. The maximum atomic E-state index is 6.33. The van der Waals surface area contributed by atoms with Gasteiger partial charge in [-0.3, -0.25) is 0 Å². The molecule has 0 radical (unpaired) electrons. The number of nitrogens with two attached hydrogens (primary N) is 1. The van der Waals surface area contributed by atoms with Crippen LogP contribution >= 0.6 is 0 Å². The lowest BCUT2D eigenvalue weighted by molar-refractivity contribution is 0.398. The van der Waals surface area contributed by atoms with Gasteiger partial charge in [0.25, 0.3) is 0 Å². The lowest BCUT2D eigenvalue weighted by atomic mass is 10.2. The molecule has 2 aromatic rings. The van der Waals surface area contributed by atoms with Gasteiger partial charge in [-0.05, 0) is 18.9 Å². The minimum absolute atomic E-state index is 0.359. The number of hydrogen-bond acceptors (Lipinski definition) is 4. The van der Waals surface area contributed by atoms with E-state index in [9.17, 15) is 0 Å². The van der Waals surface area contributed by atoms with E-state index in [1.165, 1.54) is 12.8 Å². The van der Waals surface area contributed by atoms with Crippen LogP contribution in [-0.4, -0.2) is 21.6 Å². The number of ether oxygens (including phenoxy) is 1. The molecule has 1 aliphatic carbocycles. The second-order valence-corrected chi connectivity index (χ2v) is 5.55. The van der Waals surface area contributed by atoms with Crippen molar-refractivity contribution in [1.29, 1.82) is 0 Å². The van der Waals surface area contributed by atoms with Gasteiger partial charge < -0.3 is 15.0 Å². The third-order valence-electron chi connectivity index (χ3n) is 3.62. The van der Waals surface area contributed by atoms with Crippen LogP contribution in [0.5, 0.6) is 5.88 Å². The lowest BCUT2D eigenvalue weighted by Crippen LogP contribution is -2.06. The highest BCUT2D eigenvalue weighted by molar-refractivity contribution is 5.71. The average molecular weight is 272 g/mol. The molecule has 1 aliphatic rings. The first-order valence-corrected chi connectivity index (χ1v) is 6.99. The molecule has 0 bridgehead atoms. The van der Waals surface area contributed by atoms with Gasteiger partial charge in [0.15, 0.2) is 0 Å². The molecule has 20 heavy (non-hydrogen) atoms. The van der Waals surface area contributed by atoms with Crippen molar-refractivity contribution in [3.63, 3.8) is 0 Å². The van der Waals surface area contributed by atoms with E-state index in [2.05, 4.69) is 23.4 Å². The molecule has 5 nitrogen and oxygen atoms in total. The van der Waals surface area contributed by atoms with E-state index in [0.29, 0.717) is 17.8 Å². The van der Waals surface area contributed by atoms with Crippen LogP contribution in [0, 0.1) is 0 Å². The minimum atomic E-state index is 0.359. The maximum absolute atomic E-state index is 6.33. The van der Waals surface area contributed by atoms with E-state index in [1.807, 2.05) is 12.1 Å². The molecule has 2 aromatic heterocycles. The van der Waals surface area contributed by atoms with Gasteiger partial charge in [0.1, 0.15) is 17.3 Å². The van der Waals surface area contributed by atoms with Crippen LogP contribution < -0.4 is 10.5 Å². The van der Waals surface area contributed by atoms with Crippen molar-refractivity contribution >= 4 is 5.82 Å². The molecular formula is C15H20N4O. The summed E-state index contributed by atoms with van der Waals surface area (Å²) in [5.74, 6) is 2.77. The summed E-state index contributed by atoms with van der Waals surface area (Å²) >= 11 is 0. The first kappa shape index (κ1) is 13.0. The Labute approximate surface area is 118 Å². The SMILES string of the molecule is COc1ccc(-c2nc(C(C)C)n(C3CC3)c2N)cn1. The quantitative estimate of drug-likeness (QED) is 0.929. The molecule has 0 unspecified atom stereocenters.